The number of piperazine rings is 1. The topological polar surface area (TPSA) is 101 Å². The van der Waals surface area contributed by atoms with Crippen molar-refractivity contribution in [3.8, 4) is 11.5 Å². The predicted octanol–water partition coefficient (Wildman–Crippen LogP) is 2.21. The van der Waals surface area contributed by atoms with Gasteiger partial charge >= 0.3 is 5.63 Å². The molecule has 9 heteroatoms. The number of carbonyl (C=O) groups excluding carboxylic acids is 2. The summed E-state index contributed by atoms with van der Waals surface area (Å²) < 4.78 is 16.0. The number of methoxy groups -OCH3 is 1. The van der Waals surface area contributed by atoms with Crippen LogP contribution < -0.4 is 20.4 Å². The zero-order chi connectivity index (χ0) is 23.4. The minimum absolute atomic E-state index is 0.0878. The van der Waals surface area contributed by atoms with Crippen molar-refractivity contribution in [1.29, 1.82) is 0 Å². The predicted molar refractivity (Wildman–Crippen MR) is 123 cm³/mol. The lowest BCUT2D eigenvalue weighted by Gasteiger charge is -2.32. The van der Waals surface area contributed by atoms with Crippen molar-refractivity contribution in [1.82, 2.24) is 9.80 Å². The molecule has 0 bridgehead atoms. The van der Waals surface area contributed by atoms with Gasteiger partial charge in [-0.3, -0.25) is 9.59 Å². The smallest absolute Gasteiger partial charge is 0.336 e. The van der Waals surface area contributed by atoms with Crippen molar-refractivity contribution in [3.05, 3.63) is 64.5 Å². The third-order valence-electron chi connectivity index (χ3n) is 5.48. The lowest BCUT2D eigenvalue weighted by atomic mass is 10.1. The van der Waals surface area contributed by atoms with E-state index in [0.717, 1.165) is 18.5 Å². The molecule has 4 rings (SSSR count). The molecular weight excluding hydrogens is 426 g/mol. The number of anilines is 1. The average Bonchev–Trinajstić information content (AvgIpc) is 2.82. The fourth-order valence-electron chi connectivity index (χ4n) is 3.60. The Hall–Kier alpha value is -3.85. The summed E-state index contributed by atoms with van der Waals surface area (Å²) in [7, 11) is 3.52. The number of carbonyl (C=O) groups is 2. The fraction of sp³-hybridized carbons (Fsp3) is 0.292. The molecule has 0 aliphatic carbocycles. The summed E-state index contributed by atoms with van der Waals surface area (Å²) >= 11 is 0. The Balaban J connectivity index is 1.43. The molecule has 33 heavy (non-hydrogen) atoms. The number of hydrogen-bond acceptors (Lipinski definition) is 7. The average molecular weight is 451 g/mol. The van der Waals surface area contributed by atoms with Crippen molar-refractivity contribution < 1.29 is 23.5 Å². The number of hydrogen-bond donors (Lipinski definition) is 1. The van der Waals surface area contributed by atoms with Crippen LogP contribution in [0.15, 0.2) is 57.7 Å². The maximum absolute atomic E-state index is 12.9. The molecule has 2 amide bonds. The van der Waals surface area contributed by atoms with E-state index < -0.39 is 11.5 Å². The van der Waals surface area contributed by atoms with E-state index in [-0.39, 0.29) is 12.5 Å². The maximum atomic E-state index is 12.9. The van der Waals surface area contributed by atoms with Gasteiger partial charge in [-0.15, -0.1) is 0 Å². The number of likely N-dealkylation sites (N-methyl/N-ethyl adjacent to an activating group) is 1. The fourth-order valence-corrected chi connectivity index (χ4v) is 3.60. The third-order valence-corrected chi connectivity index (χ3v) is 5.48. The van der Waals surface area contributed by atoms with Crippen LogP contribution in [0.3, 0.4) is 0 Å². The monoisotopic (exact) mass is 451 g/mol. The second-order valence-electron chi connectivity index (χ2n) is 7.80. The lowest BCUT2D eigenvalue weighted by molar-refractivity contribution is -0.118. The van der Waals surface area contributed by atoms with E-state index in [0.29, 0.717) is 41.4 Å². The van der Waals surface area contributed by atoms with Crippen LogP contribution in [0.2, 0.25) is 0 Å². The van der Waals surface area contributed by atoms with Gasteiger partial charge in [0.05, 0.1) is 12.8 Å². The second kappa shape index (κ2) is 9.74. The van der Waals surface area contributed by atoms with Crippen molar-refractivity contribution in [2.75, 3.05) is 52.3 Å². The summed E-state index contributed by atoms with van der Waals surface area (Å²) in [6, 6.07) is 12.9. The summed E-state index contributed by atoms with van der Waals surface area (Å²) in [4.78, 5) is 40.8. The van der Waals surface area contributed by atoms with E-state index in [2.05, 4.69) is 10.2 Å². The Morgan fingerprint density at radius 3 is 2.55 bits per heavy atom. The van der Waals surface area contributed by atoms with Gasteiger partial charge in [-0.25, -0.2) is 4.79 Å². The molecule has 172 valence electrons. The first-order valence-corrected chi connectivity index (χ1v) is 10.6. The van der Waals surface area contributed by atoms with E-state index in [4.69, 9.17) is 13.9 Å². The largest absolute Gasteiger partial charge is 0.495 e. The Morgan fingerprint density at radius 2 is 1.79 bits per heavy atom. The zero-order valence-corrected chi connectivity index (χ0v) is 18.5. The molecule has 9 nitrogen and oxygen atoms in total. The number of nitrogens with zero attached hydrogens (tertiary/aromatic N) is 2. The highest BCUT2D eigenvalue weighted by molar-refractivity contribution is 5.98. The zero-order valence-electron chi connectivity index (χ0n) is 18.5. The molecule has 0 radical (unpaired) electrons. The molecule has 2 aromatic carbocycles. The summed E-state index contributed by atoms with van der Waals surface area (Å²) in [5, 5.41) is 3.49. The first-order valence-electron chi connectivity index (χ1n) is 10.6. The van der Waals surface area contributed by atoms with Gasteiger partial charge < -0.3 is 29.0 Å². The standard InChI is InChI=1S/C24H25N3O6/c1-26-9-11-27(12-10-26)24(30)17-4-7-20(31-2)19(13-17)25-22(28)15-32-18-6-3-16-5-8-23(29)33-21(16)14-18/h3-8,13-14H,9-12,15H2,1-2H3,(H,25,28). The Labute approximate surface area is 190 Å². The van der Waals surface area contributed by atoms with Crippen LogP contribution >= 0.6 is 0 Å². The normalized spacial score (nSPS) is 14.2. The first kappa shape index (κ1) is 22.3. The van der Waals surface area contributed by atoms with Crippen molar-refractivity contribution in [3.63, 3.8) is 0 Å². The Kier molecular flexibility index (Phi) is 6.60. The van der Waals surface area contributed by atoms with Gasteiger partial charge in [0.25, 0.3) is 11.8 Å². The molecule has 1 fully saturated rings. The summed E-state index contributed by atoms with van der Waals surface area (Å²) in [6.07, 6.45) is 0. The molecule has 0 atom stereocenters. The van der Waals surface area contributed by atoms with Gasteiger partial charge in [-0.2, -0.15) is 0 Å². The molecule has 0 spiro atoms. The Bertz CT molecular complexity index is 1230. The van der Waals surface area contributed by atoms with Crippen molar-refractivity contribution in [2.45, 2.75) is 0 Å². The van der Waals surface area contributed by atoms with Gasteiger partial charge in [0.1, 0.15) is 17.1 Å². The summed E-state index contributed by atoms with van der Waals surface area (Å²) in [5.74, 6) is 0.311. The van der Waals surface area contributed by atoms with Crippen LogP contribution in [0, 0.1) is 0 Å². The van der Waals surface area contributed by atoms with E-state index >= 15 is 0 Å². The number of benzene rings is 2. The second-order valence-corrected chi connectivity index (χ2v) is 7.80. The van der Waals surface area contributed by atoms with E-state index in [1.807, 2.05) is 7.05 Å². The first-order chi connectivity index (χ1) is 15.9. The van der Waals surface area contributed by atoms with Crippen LogP contribution in [0.5, 0.6) is 11.5 Å². The minimum atomic E-state index is -0.463. The van der Waals surface area contributed by atoms with Crippen LogP contribution in [-0.2, 0) is 4.79 Å². The lowest BCUT2D eigenvalue weighted by Crippen LogP contribution is -2.47. The van der Waals surface area contributed by atoms with Gasteiger partial charge in [-0.05, 0) is 43.4 Å². The number of rotatable bonds is 6. The van der Waals surface area contributed by atoms with Crippen LogP contribution in [0.25, 0.3) is 11.0 Å². The molecule has 3 aromatic rings. The van der Waals surface area contributed by atoms with Crippen LogP contribution in [0.4, 0.5) is 5.69 Å². The SMILES string of the molecule is COc1ccc(C(=O)N2CCN(C)CC2)cc1NC(=O)COc1ccc2ccc(=O)oc2c1. The highest BCUT2D eigenvalue weighted by atomic mass is 16.5. The molecule has 2 heterocycles. The van der Waals surface area contributed by atoms with Crippen molar-refractivity contribution in [2.24, 2.45) is 0 Å². The summed E-state index contributed by atoms with van der Waals surface area (Å²) in [5.41, 5.74) is 0.768. The number of ether oxygens (including phenoxy) is 2. The number of fused-ring (bicyclic) bond motifs is 1. The maximum Gasteiger partial charge on any atom is 0.336 e. The van der Waals surface area contributed by atoms with Gasteiger partial charge in [0.2, 0.25) is 0 Å². The summed E-state index contributed by atoms with van der Waals surface area (Å²) in [6.45, 7) is 2.68. The Morgan fingerprint density at radius 1 is 1.03 bits per heavy atom. The van der Waals surface area contributed by atoms with Crippen LogP contribution in [0.1, 0.15) is 10.4 Å². The van der Waals surface area contributed by atoms with E-state index in [9.17, 15) is 14.4 Å². The van der Waals surface area contributed by atoms with Gasteiger partial charge in [0.15, 0.2) is 6.61 Å². The van der Waals surface area contributed by atoms with E-state index in [1.54, 1.807) is 47.4 Å². The molecule has 1 aromatic heterocycles. The highest BCUT2D eigenvalue weighted by Gasteiger charge is 2.21. The van der Waals surface area contributed by atoms with Gasteiger partial charge in [0, 0.05) is 49.3 Å². The molecule has 1 aliphatic rings. The highest BCUT2D eigenvalue weighted by Crippen LogP contribution is 2.26. The molecule has 0 unspecified atom stereocenters. The molecular formula is C24H25N3O6. The molecule has 1 aliphatic heterocycles. The number of nitrogens with one attached hydrogen (secondary N) is 1. The van der Waals surface area contributed by atoms with Gasteiger partial charge in [-0.1, -0.05) is 0 Å². The minimum Gasteiger partial charge on any atom is -0.495 e. The van der Waals surface area contributed by atoms with Crippen molar-refractivity contribution >= 4 is 28.5 Å². The number of amides is 2. The molecule has 0 saturated carbocycles. The molecule has 1 saturated heterocycles. The third kappa shape index (κ3) is 5.32. The quantitative estimate of drug-likeness (QED) is 0.574. The van der Waals surface area contributed by atoms with E-state index in [1.165, 1.54) is 13.2 Å². The van der Waals surface area contributed by atoms with Crippen LogP contribution in [-0.4, -0.2) is 68.6 Å². The molecule has 1 N–H and O–H groups in total.